The zero-order chi connectivity index (χ0) is 26.1. The maximum atomic E-state index is 13.8. The van der Waals surface area contributed by atoms with Gasteiger partial charge in [-0.1, -0.05) is 30.3 Å². The van der Waals surface area contributed by atoms with Gasteiger partial charge in [0, 0.05) is 43.0 Å². The second kappa shape index (κ2) is 12.6. The van der Waals surface area contributed by atoms with Crippen LogP contribution in [0.1, 0.15) is 67.3 Å². The summed E-state index contributed by atoms with van der Waals surface area (Å²) >= 11 is 0. The molecule has 0 spiro atoms. The van der Waals surface area contributed by atoms with Gasteiger partial charge in [0.2, 0.25) is 0 Å². The molecule has 0 aromatic heterocycles. The topological polar surface area (TPSA) is 74.2 Å². The molecule has 2 N–H and O–H groups in total. The lowest BCUT2D eigenvalue weighted by Crippen LogP contribution is -2.31. The van der Waals surface area contributed by atoms with Crippen LogP contribution in [0.4, 0.5) is 18.9 Å². The number of nitrogens with one attached hydrogen (secondary N) is 1. The fourth-order valence-electron chi connectivity index (χ4n) is 4.16. The summed E-state index contributed by atoms with van der Waals surface area (Å²) in [4.78, 5) is 17.8. The molecule has 36 heavy (non-hydrogen) atoms. The summed E-state index contributed by atoms with van der Waals surface area (Å²) < 4.78 is 41.3. The Balaban J connectivity index is 1.66. The minimum absolute atomic E-state index is 0.0395. The third kappa shape index (κ3) is 7.62. The van der Waals surface area contributed by atoms with Crippen LogP contribution >= 0.6 is 0 Å². The number of carboxylic acids is 1. The lowest BCUT2D eigenvalue weighted by atomic mass is 10.0. The van der Waals surface area contributed by atoms with E-state index >= 15 is 0 Å². The standard InChI is InChI=1S/C27H32F3N3O3/c1-3-21-16-22(8-9-23(21)17-31-12-11-26(34)35)19(2)32-36-18-20-7-10-25(24(15-20)27(28,29)30)33-13-5-4-6-14-33/h7,10,15-16,31H,3-6,11-14,17-18H2,1-2H3,(H,34,35)/b32-19+. The molecule has 9 heteroatoms. The monoisotopic (exact) mass is 503 g/mol. The summed E-state index contributed by atoms with van der Waals surface area (Å²) in [5.41, 5.74) is 3.10. The van der Waals surface area contributed by atoms with Crippen LogP contribution in [0.25, 0.3) is 0 Å². The number of aryl methyl sites for hydroxylation is 1. The Hall–Kier alpha value is -3.25. The molecule has 0 amide bonds. The predicted molar refractivity (Wildman–Crippen MR) is 132 cm³/mol. The van der Waals surface area contributed by atoms with Crippen LogP contribution in [0, 0.1) is 12.1 Å². The minimum Gasteiger partial charge on any atom is -0.481 e. The van der Waals surface area contributed by atoms with Crippen LogP contribution in [-0.4, -0.2) is 36.4 Å². The number of oxime groups is 1. The Morgan fingerprint density at radius 1 is 1.19 bits per heavy atom. The van der Waals surface area contributed by atoms with Crippen molar-refractivity contribution in [3.05, 3.63) is 64.2 Å². The van der Waals surface area contributed by atoms with Crippen LogP contribution < -0.4 is 10.2 Å². The molecule has 2 aromatic carbocycles. The minimum atomic E-state index is -4.45. The van der Waals surface area contributed by atoms with E-state index in [2.05, 4.69) is 22.6 Å². The van der Waals surface area contributed by atoms with Crippen molar-refractivity contribution in [2.75, 3.05) is 24.5 Å². The van der Waals surface area contributed by atoms with Crippen molar-refractivity contribution < 1.29 is 27.9 Å². The number of rotatable bonds is 11. The molecule has 2 aromatic rings. The number of hydrogen-bond acceptors (Lipinski definition) is 5. The normalized spacial score (nSPS) is 14.5. The van der Waals surface area contributed by atoms with E-state index < -0.39 is 17.7 Å². The number of benzene rings is 1. The van der Waals surface area contributed by atoms with Gasteiger partial charge in [-0.05, 0) is 61.9 Å². The first-order chi connectivity index (χ1) is 17.2. The van der Waals surface area contributed by atoms with E-state index in [1.807, 2.05) is 17.9 Å². The number of halogens is 3. The van der Waals surface area contributed by atoms with Gasteiger partial charge >= 0.3 is 12.1 Å². The molecule has 1 heterocycles. The fourth-order valence-corrected chi connectivity index (χ4v) is 4.16. The van der Waals surface area contributed by atoms with Crippen LogP contribution in [0.3, 0.4) is 0 Å². The SMILES string of the molecule is CCc1cc(/C(C)=N/OCc2ccc(N3CCCCC3)c(C(F)(F)F)c2)c#cc1CNCCC(=O)O. The van der Waals surface area contributed by atoms with Crippen molar-refractivity contribution in [1.82, 2.24) is 5.32 Å². The lowest BCUT2D eigenvalue weighted by Gasteiger charge is -2.31. The summed E-state index contributed by atoms with van der Waals surface area (Å²) in [5.74, 6) is -0.858. The molecule has 6 nitrogen and oxygen atoms in total. The van der Waals surface area contributed by atoms with Crippen molar-refractivity contribution in [2.24, 2.45) is 5.16 Å². The summed E-state index contributed by atoms with van der Waals surface area (Å²) in [5, 5.41) is 15.9. The van der Waals surface area contributed by atoms with Gasteiger partial charge in [-0.15, -0.1) is 0 Å². The molecule has 1 fully saturated rings. The first-order valence-corrected chi connectivity index (χ1v) is 12.2. The van der Waals surface area contributed by atoms with Gasteiger partial charge in [0.15, 0.2) is 0 Å². The number of carbonyl (C=O) groups is 1. The number of hydrogen-bond donors (Lipinski definition) is 2. The fraction of sp³-hybridized carbons (Fsp3) is 0.481. The van der Waals surface area contributed by atoms with Crippen LogP contribution in [0.15, 0.2) is 29.4 Å². The van der Waals surface area contributed by atoms with E-state index in [-0.39, 0.29) is 18.7 Å². The zero-order valence-electron chi connectivity index (χ0n) is 20.7. The average molecular weight is 504 g/mol. The molecule has 0 bridgehead atoms. The van der Waals surface area contributed by atoms with Gasteiger partial charge in [-0.2, -0.15) is 13.2 Å². The second-order valence-electron chi connectivity index (χ2n) is 8.83. The third-order valence-electron chi connectivity index (χ3n) is 6.14. The molecule has 0 radical (unpaired) electrons. The third-order valence-corrected chi connectivity index (χ3v) is 6.14. The molecule has 1 saturated heterocycles. The molecule has 1 aliphatic heterocycles. The first kappa shape index (κ1) is 27.3. The number of alkyl halides is 3. The Kier molecular flexibility index (Phi) is 9.59. The Bertz CT molecular complexity index is 1060. The van der Waals surface area contributed by atoms with Gasteiger partial charge in [-0.3, -0.25) is 4.79 Å². The molecule has 0 saturated carbocycles. The summed E-state index contributed by atoms with van der Waals surface area (Å²) in [7, 11) is 0. The van der Waals surface area contributed by atoms with Crippen molar-refractivity contribution in [3.63, 3.8) is 0 Å². The summed E-state index contributed by atoms with van der Waals surface area (Å²) in [6, 6.07) is 12.4. The van der Waals surface area contributed by atoms with Crippen LogP contribution in [0.2, 0.25) is 0 Å². The smallest absolute Gasteiger partial charge is 0.418 e. The highest BCUT2D eigenvalue weighted by Crippen LogP contribution is 2.38. The molecule has 1 aliphatic rings. The second-order valence-corrected chi connectivity index (χ2v) is 8.83. The van der Waals surface area contributed by atoms with E-state index in [9.17, 15) is 18.0 Å². The summed E-state index contributed by atoms with van der Waals surface area (Å²) in [6.45, 7) is 5.76. The first-order valence-electron chi connectivity index (χ1n) is 12.2. The van der Waals surface area contributed by atoms with Gasteiger partial charge < -0.3 is 20.2 Å². The number of nitrogens with zero attached hydrogens (tertiary/aromatic N) is 2. The number of aliphatic carboxylic acids is 1. The van der Waals surface area contributed by atoms with E-state index in [4.69, 9.17) is 9.94 Å². The Morgan fingerprint density at radius 2 is 1.94 bits per heavy atom. The van der Waals surface area contributed by atoms with Gasteiger partial charge in [0.05, 0.1) is 17.7 Å². The molecule has 194 valence electrons. The molecular formula is C27H32F3N3O3. The van der Waals surface area contributed by atoms with E-state index in [0.29, 0.717) is 43.0 Å². The van der Waals surface area contributed by atoms with E-state index in [1.165, 1.54) is 6.07 Å². The largest absolute Gasteiger partial charge is 0.481 e. The quantitative estimate of drug-likeness (QED) is 0.245. The summed E-state index contributed by atoms with van der Waals surface area (Å²) in [6.07, 6.45) is -0.835. The highest BCUT2D eigenvalue weighted by molar-refractivity contribution is 5.97. The lowest BCUT2D eigenvalue weighted by molar-refractivity contribution is -0.138. The van der Waals surface area contributed by atoms with Crippen LogP contribution in [-0.2, 0) is 35.4 Å². The number of carboxylic acid groups (broad SMARTS) is 1. The van der Waals surface area contributed by atoms with Gasteiger partial charge in [-0.25, -0.2) is 0 Å². The van der Waals surface area contributed by atoms with Gasteiger partial charge in [0.1, 0.15) is 6.61 Å². The Morgan fingerprint density at radius 3 is 2.61 bits per heavy atom. The van der Waals surface area contributed by atoms with Crippen molar-refractivity contribution in [2.45, 2.75) is 65.3 Å². The van der Waals surface area contributed by atoms with Crippen molar-refractivity contribution in [1.29, 1.82) is 0 Å². The maximum absolute atomic E-state index is 13.8. The molecule has 0 unspecified atom stereocenters. The number of anilines is 1. The molecule has 3 rings (SSSR count). The highest BCUT2D eigenvalue weighted by atomic mass is 19.4. The number of piperidine rings is 1. The maximum Gasteiger partial charge on any atom is 0.418 e. The Labute approximate surface area is 210 Å². The average Bonchev–Trinajstić information content (AvgIpc) is 2.86. The molecular weight excluding hydrogens is 471 g/mol. The van der Waals surface area contributed by atoms with Crippen molar-refractivity contribution in [3.8, 4) is 0 Å². The van der Waals surface area contributed by atoms with E-state index in [0.717, 1.165) is 42.9 Å². The highest BCUT2D eigenvalue weighted by Gasteiger charge is 2.35. The van der Waals surface area contributed by atoms with Crippen molar-refractivity contribution >= 4 is 17.4 Å². The molecule has 0 aliphatic carbocycles. The van der Waals surface area contributed by atoms with Crippen LogP contribution in [0.5, 0.6) is 0 Å². The van der Waals surface area contributed by atoms with Gasteiger partial charge in [0.25, 0.3) is 0 Å². The predicted octanol–water partition coefficient (Wildman–Crippen LogP) is 5.36. The van der Waals surface area contributed by atoms with E-state index in [1.54, 1.807) is 13.0 Å². The zero-order valence-corrected chi connectivity index (χ0v) is 20.7. The molecule has 0 atom stereocenters.